The Hall–Kier alpha value is -3.88. The van der Waals surface area contributed by atoms with E-state index < -0.39 is 11.9 Å². The molecule has 3 rings (SSSR count). The number of aliphatic carboxylic acids is 1. The number of methoxy groups -OCH3 is 1. The molecule has 0 aliphatic heterocycles. The highest BCUT2D eigenvalue weighted by atomic mass is 16.5. The van der Waals surface area contributed by atoms with Crippen molar-refractivity contribution in [3.05, 3.63) is 52.0 Å². The number of aromatic nitrogens is 2. The first-order valence-corrected chi connectivity index (χ1v) is 9.29. The second kappa shape index (κ2) is 9.08. The third-order valence-electron chi connectivity index (χ3n) is 4.64. The Morgan fingerprint density at radius 2 is 2.03 bits per heavy atom. The number of carboxylic acids is 1. The summed E-state index contributed by atoms with van der Waals surface area (Å²) >= 11 is 0. The largest absolute Gasteiger partial charge is 0.481 e. The van der Waals surface area contributed by atoms with E-state index in [0.29, 0.717) is 16.4 Å². The van der Waals surface area contributed by atoms with Crippen LogP contribution in [0.25, 0.3) is 27.9 Å². The third kappa shape index (κ3) is 4.75. The second-order valence-electron chi connectivity index (χ2n) is 6.67. The quantitative estimate of drug-likeness (QED) is 0.328. The lowest BCUT2D eigenvalue weighted by Crippen LogP contribution is -2.24. The van der Waals surface area contributed by atoms with Gasteiger partial charge in [-0.1, -0.05) is 6.07 Å². The van der Waals surface area contributed by atoms with E-state index in [0.717, 1.165) is 16.5 Å². The van der Waals surface area contributed by atoms with Gasteiger partial charge in [0.2, 0.25) is 5.91 Å². The van der Waals surface area contributed by atoms with Crippen LogP contribution in [0.3, 0.4) is 0 Å². The van der Waals surface area contributed by atoms with Crippen LogP contribution in [0, 0.1) is 0 Å². The Bertz CT molecular complexity index is 1200. The van der Waals surface area contributed by atoms with Crippen molar-refractivity contribution >= 4 is 45.7 Å². The molecule has 0 unspecified atom stereocenters. The number of carboxylic acid groups (broad SMARTS) is 1. The monoisotopic (exact) mass is 411 g/mol. The van der Waals surface area contributed by atoms with Crippen molar-refractivity contribution in [2.75, 3.05) is 13.7 Å². The zero-order valence-electron chi connectivity index (χ0n) is 16.3. The Morgan fingerprint density at radius 1 is 1.23 bits per heavy atom. The molecular formula is C21H21N3O6. The highest BCUT2D eigenvalue weighted by molar-refractivity contribution is 6.07. The number of carbonyl (C=O) groups excluding carboxylic acids is 2. The van der Waals surface area contributed by atoms with Gasteiger partial charge in [0.05, 0.1) is 13.5 Å². The number of benzene rings is 1. The van der Waals surface area contributed by atoms with Gasteiger partial charge < -0.3 is 25.1 Å². The summed E-state index contributed by atoms with van der Waals surface area (Å²) in [7, 11) is 1.28. The number of carbonyl (C=O) groups is 3. The van der Waals surface area contributed by atoms with Crippen LogP contribution < -0.4 is 10.9 Å². The number of aryl methyl sites for hydroxylation is 1. The molecule has 0 saturated carbocycles. The van der Waals surface area contributed by atoms with Crippen molar-refractivity contribution in [3.8, 4) is 0 Å². The lowest BCUT2D eigenvalue weighted by atomic mass is 10.0. The minimum atomic E-state index is -0.916. The van der Waals surface area contributed by atoms with Gasteiger partial charge in [0.25, 0.3) is 5.56 Å². The molecule has 156 valence electrons. The SMILES string of the molecule is COC(=O)CCNC(=O)C=Cc1ccc2[nH]c(=O)c3[nH]cc(CCC(=O)O)c3c2c1. The number of esters is 1. The fourth-order valence-corrected chi connectivity index (χ4v) is 3.18. The number of nitrogens with one attached hydrogen (secondary N) is 3. The molecule has 1 amide bonds. The first-order chi connectivity index (χ1) is 14.4. The molecule has 2 aromatic heterocycles. The third-order valence-corrected chi connectivity index (χ3v) is 4.64. The zero-order valence-corrected chi connectivity index (χ0v) is 16.3. The normalized spacial score (nSPS) is 11.2. The molecule has 2 heterocycles. The van der Waals surface area contributed by atoms with E-state index in [2.05, 4.69) is 20.0 Å². The van der Waals surface area contributed by atoms with Gasteiger partial charge in [-0.15, -0.1) is 0 Å². The average Bonchev–Trinajstić information content (AvgIpc) is 3.16. The van der Waals surface area contributed by atoms with E-state index in [-0.39, 0.29) is 37.3 Å². The summed E-state index contributed by atoms with van der Waals surface area (Å²) < 4.78 is 4.51. The first-order valence-electron chi connectivity index (χ1n) is 9.29. The van der Waals surface area contributed by atoms with E-state index in [1.807, 2.05) is 6.07 Å². The first kappa shape index (κ1) is 20.8. The van der Waals surface area contributed by atoms with Crippen molar-refractivity contribution < 1.29 is 24.2 Å². The number of H-pyrrole nitrogens is 2. The summed E-state index contributed by atoms with van der Waals surface area (Å²) in [5, 5.41) is 13.0. The van der Waals surface area contributed by atoms with Crippen molar-refractivity contribution in [2.24, 2.45) is 0 Å². The van der Waals surface area contributed by atoms with Gasteiger partial charge in [-0.2, -0.15) is 0 Å². The predicted molar refractivity (Wildman–Crippen MR) is 111 cm³/mol. The molecule has 4 N–H and O–H groups in total. The Labute approximate surface area is 170 Å². The molecule has 9 nitrogen and oxygen atoms in total. The summed E-state index contributed by atoms with van der Waals surface area (Å²) in [5.41, 5.74) is 2.18. The zero-order chi connectivity index (χ0) is 21.7. The number of hydrogen-bond donors (Lipinski definition) is 4. The fraction of sp³-hybridized carbons (Fsp3) is 0.238. The highest BCUT2D eigenvalue weighted by Crippen LogP contribution is 2.26. The van der Waals surface area contributed by atoms with Crippen LogP contribution in [0.1, 0.15) is 24.0 Å². The lowest BCUT2D eigenvalue weighted by Gasteiger charge is -2.05. The molecule has 9 heteroatoms. The van der Waals surface area contributed by atoms with Crippen LogP contribution in [0.15, 0.2) is 35.3 Å². The van der Waals surface area contributed by atoms with Crippen molar-refractivity contribution in [1.29, 1.82) is 0 Å². The summed E-state index contributed by atoms with van der Waals surface area (Å²) in [6, 6.07) is 5.31. The minimum absolute atomic E-state index is 0.0490. The van der Waals surface area contributed by atoms with E-state index >= 15 is 0 Å². The number of aromatic amines is 2. The molecule has 0 aliphatic carbocycles. The van der Waals surface area contributed by atoms with Crippen LogP contribution in [0.4, 0.5) is 0 Å². The number of fused-ring (bicyclic) bond motifs is 3. The predicted octanol–water partition coefficient (Wildman–Crippen LogP) is 1.72. The van der Waals surface area contributed by atoms with Gasteiger partial charge in [-0.25, -0.2) is 0 Å². The maximum Gasteiger partial charge on any atom is 0.307 e. The summed E-state index contributed by atoms with van der Waals surface area (Å²) in [6.45, 7) is 0.172. The molecule has 0 bridgehead atoms. The Kier molecular flexibility index (Phi) is 6.31. The second-order valence-corrected chi connectivity index (χ2v) is 6.67. The van der Waals surface area contributed by atoms with E-state index in [9.17, 15) is 19.2 Å². The van der Waals surface area contributed by atoms with Crippen LogP contribution in [0.5, 0.6) is 0 Å². The average molecular weight is 411 g/mol. The van der Waals surface area contributed by atoms with Gasteiger partial charge in [0, 0.05) is 41.5 Å². The van der Waals surface area contributed by atoms with Crippen molar-refractivity contribution in [2.45, 2.75) is 19.3 Å². The van der Waals surface area contributed by atoms with Gasteiger partial charge in [-0.05, 0) is 35.8 Å². The lowest BCUT2D eigenvalue weighted by molar-refractivity contribution is -0.140. The Morgan fingerprint density at radius 3 is 2.77 bits per heavy atom. The molecule has 0 radical (unpaired) electrons. The molecular weight excluding hydrogens is 390 g/mol. The van der Waals surface area contributed by atoms with Crippen LogP contribution in [0.2, 0.25) is 0 Å². The van der Waals surface area contributed by atoms with Crippen molar-refractivity contribution in [1.82, 2.24) is 15.3 Å². The molecule has 30 heavy (non-hydrogen) atoms. The molecule has 3 aromatic rings. The van der Waals surface area contributed by atoms with Gasteiger partial charge in [0.15, 0.2) is 0 Å². The number of rotatable bonds is 8. The van der Waals surface area contributed by atoms with Crippen LogP contribution >= 0.6 is 0 Å². The molecule has 0 atom stereocenters. The topological polar surface area (TPSA) is 141 Å². The number of hydrogen-bond acceptors (Lipinski definition) is 5. The maximum atomic E-state index is 12.3. The number of ether oxygens (including phenoxy) is 1. The molecule has 0 aliphatic rings. The number of pyridine rings is 1. The van der Waals surface area contributed by atoms with Crippen LogP contribution in [-0.2, 0) is 25.5 Å². The smallest absolute Gasteiger partial charge is 0.307 e. The molecule has 1 aromatic carbocycles. The summed E-state index contributed by atoms with van der Waals surface area (Å²) in [4.78, 5) is 51.9. The minimum Gasteiger partial charge on any atom is -0.481 e. The van der Waals surface area contributed by atoms with Gasteiger partial charge in [0.1, 0.15) is 5.52 Å². The van der Waals surface area contributed by atoms with Gasteiger partial charge in [-0.3, -0.25) is 19.2 Å². The standard InChI is InChI=1S/C21H21N3O6/c1-30-18(28)8-9-22-16(25)6-3-12-2-5-15-14(10-12)19-13(4-7-17(26)27)11-23-20(19)21(29)24-15/h2-3,5-6,10-11,23H,4,7-9H2,1H3,(H,22,25)(H,24,29)(H,26,27). The highest BCUT2D eigenvalue weighted by Gasteiger charge is 2.13. The summed E-state index contributed by atoms with van der Waals surface area (Å²) in [6.07, 6.45) is 4.95. The van der Waals surface area contributed by atoms with E-state index in [1.165, 1.54) is 13.2 Å². The summed E-state index contributed by atoms with van der Waals surface area (Å²) in [5.74, 6) is -1.67. The van der Waals surface area contributed by atoms with Gasteiger partial charge >= 0.3 is 11.9 Å². The Balaban J connectivity index is 1.88. The van der Waals surface area contributed by atoms with Crippen LogP contribution in [-0.4, -0.2) is 46.6 Å². The molecule has 0 saturated heterocycles. The van der Waals surface area contributed by atoms with E-state index in [1.54, 1.807) is 24.4 Å². The maximum absolute atomic E-state index is 12.3. The van der Waals surface area contributed by atoms with E-state index in [4.69, 9.17) is 5.11 Å². The molecule has 0 spiro atoms. The number of amides is 1. The molecule has 0 fully saturated rings. The van der Waals surface area contributed by atoms with Crippen molar-refractivity contribution in [3.63, 3.8) is 0 Å². The fourth-order valence-electron chi connectivity index (χ4n) is 3.18.